The maximum Gasteiger partial charge on any atom is 0.198 e. The fraction of sp³-hybridized carbons (Fsp3) is 0.0476. The molecule has 3 aromatic carbocycles. The van der Waals surface area contributed by atoms with Crippen LogP contribution in [0.3, 0.4) is 0 Å². The van der Waals surface area contributed by atoms with E-state index in [4.69, 9.17) is 0 Å². The van der Waals surface area contributed by atoms with Gasteiger partial charge in [-0.1, -0.05) is 54.6 Å². The van der Waals surface area contributed by atoms with Gasteiger partial charge in [0.2, 0.25) is 0 Å². The Labute approximate surface area is 138 Å². The molecule has 0 aromatic heterocycles. The molecular weight excluding hydrogens is 300 g/mol. The van der Waals surface area contributed by atoms with Crippen molar-refractivity contribution >= 4 is 22.3 Å². The number of hydrogen-bond acceptors (Lipinski definition) is 3. The number of fused-ring (bicyclic) bond motifs is 4. The molecule has 0 bridgehead atoms. The molecule has 0 amide bonds. The van der Waals surface area contributed by atoms with Crippen LogP contribution in [0.5, 0.6) is 5.75 Å². The van der Waals surface area contributed by atoms with Crippen LogP contribution >= 0.6 is 0 Å². The van der Waals surface area contributed by atoms with E-state index in [-0.39, 0.29) is 22.9 Å². The van der Waals surface area contributed by atoms with Gasteiger partial charge in [0.25, 0.3) is 0 Å². The lowest BCUT2D eigenvalue weighted by molar-refractivity contribution is 0.0978. The molecule has 4 rings (SSSR count). The van der Waals surface area contributed by atoms with E-state index in [1.807, 2.05) is 24.3 Å². The summed E-state index contributed by atoms with van der Waals surface area (Å²) in [6.07, 6.45) is 2.10. The minimum atomic E-state index is -0.311. The third-order valence-electron chi connectivity index (χ3n) is 4.51. The first-order valence-electron chi connectivity index (χ1n) is 7.71. The normalized spacial score (nSPS) is 12.8. The summed E-state index contributed by atoms with van der Waals surface area (Å²) >= 11 is 0. The number of carbonyl (C=O) groups is 2. The summed E-state index contributed by atoms with van der Waals surface area (Å²) in [6.45, 7) is 3.72. The fourth-order valence-corrected chi connectivity index (χ4v) is 3.45. The van der Waals surface area contributed by atoms with Gasteiger partial charge in [-0.2, -0.15) is 0 Å². The summed E-state index contributed by atoms with van der Waals surface area (Å²) in [5, 5.41) is 12.2. The molecule has 1 N–H and O–H groups in total. The number of hydrogen-bond donors (Lipinski definition) is 1. The standard InChI is InChI=1S/C21H14O3/c1-2-7-14-12-8-3-4-9-13(12)17-18(20(14)23)21(24)16-11-6-5-10-15(16)19(17)22/h2-6,8-11,23H,1,7H2. The quantitative estimate of drug-likeness (QED) is 0.568. The average molecular weight is 314 g/mol. The SMILES string of the molecule is C=CCc1c(O)c2c(c3ccccc13)C(=O)c1ccccc1C2=O. The van der Waals surface area contributed by atoms with Gasteiger partial charge in [0, 0.05) is 22.3 Å². The van der Waals surface area contributed by atoms with E-state index in [9.17, 15) is 14.7 Å². The molecule has 0 spiro atoms. The van der Waals surface area contributed by atoms with E-state index in [1.54, 1.807) is 30.3 Å². The van der Waals surface area contributed by atoms with Crippen LogP contribution < -0.4 is 0 Å². The first kappa shape index (κ1) is 14.4. The largest absolute Gasteiger partial charge is 0.507 e. The van der Waals surface area contributed by atoms with Crippen molar-refractivity contribution in [1.82, 2.24) is 0 Å². The lowest BCUT2D eigenvalue weighted by Crippen LogP contribution is -2.22. The molecule has 0 atom stereocenters. The number of phenols is 1. The van der Waals surface area contributed by atoms with Crippen molar-refractivity contribution in [3.8, 4) is 5.75 Å². The smallest absolute Gasteiger partial charge is 0.198 e. The van der Waals surface area contributed by atoms with Gasteiger partial charge in [0.1, 0.15) is 5.75 Å². The Morgan fingerprint density at radius 2 is 1.38 bits per heavy atom. The second kappa shape index (κ2) is 5.17. The molecule has 3 nitrogen and oxygen atoms in total. The van der Waals surface area contributed by atoms with Crippen LogP contribution in [0.25, 0.3) is 10.8 Å². The maximum atomic E-state index is 13.0. The van der Waals surface area contributed by atoms with Crippen LogP contribution in [-0.2, 0) is 6.42 Å². The Balaban J connectivity index is 2.18. The number of allylic oxidation sites excluding steroid dienone is 1. The average Bonchev–Trinajstić information content (AvgIpc) is 2.62. The third-order valence-corrected chi connectivity index (χ3v) is 4.51. The van der Waals surface area contributed by atoms with Crippen molar-refractivity contribution in [2.75, 3.05) is 0 Å². The van der Waals surface area contributed by atoms with Gasteiger partial charge in [-0.15, -0.1) is 6.58 Å². The summed E-state index contributed by atoms with van der Waals surface area (Å²) < 4.78 is 0. The van der Waals surface area contributed by atoms with Crippen molar-refractivity contribution in [1.29, 1.82) is 0 Å². The number of ketones is 2. The number of carbonyl (C=O) groups excluding carboxylic acids is 2. The van der Waals surface area contributed by atoms with Crippen molar-refractivity contribution < 1.29 is 14.7 Å². The van der Waals surface area contributed by atoms with Crippen LogP contribution in [-0.4, -0.2) is 16.7 Å². The zero-order chi connectivity index (χ0) is 16.8. The van der Waals surface area contributed by atoms with E-state index < -0.39 is 0 Å². The minimum absolute atomic E-state index is 0.106. The predicted molar refractivity (Wildman–Crippen MR) is 92.8 cm³/mol. The van der Waals surface area contributed by atoms with E-state index >= 15 is 0 Å². The molecule has 0 aliphatic heterocycles. The molecule has 0 heterocycles. The van der Waals surface area contributed by atoms with Crippen LogP contribution in [0, 0.1) is 0 Å². The monoisotopic (exact) mass is 314 g/mol. The van der Waals surface area contributed by atoms with E-state index in [0.29, 0.717) is 34.1 Å². The van der Waals surface area contributed by atoms with Crippen LogP contribution in [0.1, 0.15) is 37.4 Å². The Hall–Kier alpha value is -3.20. The zero-order valence-electron chi connectivity index (χ0n) is 12.9. The van der Waals surface area contributed by atoms with Crippen LogP contribution in [0.4, 0.5) is 0 Å². The highest BCUT2D eigenvalue weighted by Crippen LogP contribution is 2.41. The van der Waals surface area contributed by atoms with Crippen molar-refractivity contribution in [3.63, 3.8) is 0 Å². The van der Waals surface area contributed by atoms with Gasteiger partial charge in [0.05, 0.1) is 5.56 Å². The zero-order valence-corrected chi connectivity index (χ0v) is 12.9. The molecule has 1 aliphatic rings. The summed E-state index contributed by atoms with van der Waals surface area (Å²) in [6, 6.07) is 14.1. The van der Waals surface area contributed by atoms with Crippen molar-refractivity contribution in [2.24, 2.45) is 0 Å². The molecule has 1 aliphatic carbocycles. The Morgan fingerprint density at radius 3 is 2.00 bits per heavy atom. The predicted octanol–water partition coefficient (Wildman–Crippen LogP) is 4.05. The van der Waals surface area contributed by atoms with E-state index in [1.165, 1.54) is 0 Å². The lowest BCUT2D eigenvalue weighted by Gasteiger charge is -2.22. The van der Waals surface area contributed by atoms with Gasteiger partial charge in [-0.3, -0.25) is 9.59 Å². The fourth-order valence-electron chi connectivity index (χ4n) is 3.45. The minimum Gasteiger partial charge on any atom is -0.507 e. The molecule has 0 radical (unpaired) electrons. The summed E-state index contributed by atoms with van der Waals surface area (Å²) in [7, 11) is 0. The second-order valence-electron chi connectivity index (χ2n) is 5.82. The topological polar surface area (TPSA) is 54.4 Å². The Kier molecular flexibility index (Phi) is 3.10. The van der Waals surface area contributed by atoms with Crippen LogP contribution in [0.15, 0.2) is 61.2 Å². The number of benzene rings is 3. The summed E-state index contributed by atoms with van der Waals surface area (Å²) in [5.74, 6) is -0.651. The molecule has 0 unspecified atom stereocenters. The molecule has 0 fully saturated rings. The second-order valence-corrected chi connectivity index (χ2v) is 5.82. The molecule has 0 saturated carbocycles. The van der Waals surface area contributed by atoms with Gasteiger partial charge in [-0.25, -0.2) is 0 Å². The molecule has 0 saturated heterocycles. The maximum absolute atomic E-state index is 13.0. The number of phenolic OH excluding ortho intramolecular Hbond substituents is 1. The van der Waals surface area contributed by atoms with Gasteiger partial charge >= 0.3 is 0 Å². The number of aromatic hydroxyl groups is 1. The third kappa shape index (κ3) is 1.78. The molecule has 3 aromatic rings. The van der Waals surface area contributed by atoms with Crippen LogP contribution in [0.2, 0.25) is 0 Å². The molecule has 24 heavy (non-hydrogen) atoms. The molecule has 3 heteroatoms. The Bertz CT molecular complexity index is 1040. The highest BCUT2D eigenvalue weighted by atomic mass is 16.3. The van der Waals surface area contributed by atoms with E-state index in [2.05, 4.69) is 6.58 Å². The molecule has 116 valence electrons. The van der Waals surface area contributed by atoms with Gasteiger partial charge in [0.15, 0.2) is 11.6 Å². The lowest BCUT2D eigenvalue weighted by atomic mass is 9.79. The Morgan fingerprint density at radius 1 is 0.833 bits per heavy atom. The first-order valence-corrected chi connectivity index (χ1v) is 7.71. The highest BCUT2D eigenvalue weighted by Gasteiger charge is 2.34. The summed E-state index contributed by atoms with van der Waals surface area (Å²) in [5.41, 5.74) is 1.75. The van der Waals surface area contributed by atoms with E-state index in [0.717, 1.165) is 5.39 Å². The first-order chi connectivity index (χ1) is 11.6. The van der Waals surface area contributed by atoms with Gasteiger partial charge < -0.3 is 5.11 Å². The number of rotatable bonds is 2. The van der Waals surface area contributed by atoms with Crippen molar-refractivity contribution in [3.05, 3.63) is 89.0 Å². The highest BCUT2D eigenvalue weighted by molar-refractivity contribution is 6.33. The van der Waals surface area contributed by atoms with Gasteiger partial charge in [-0.05, 0) is 17.2 Å². The van der Waals surface area contributed by atoms with Crippen molar-refractivity contribution in [2.45, 2.75) is 6.42 Å². The molecular formula is C21H14O3. The summed E-state index contributed by atoms with van der Waals surface area (Å²) in [4.78, 5) is 25.9.